The zero-order valence-electron chi connectivity index (χ0n) is 13.4. The molecule has 2 fully saturated rings. The van der Waals surface area contributed by atoms with Gasteiger partial charge in [-0.2, -0.15) is 0 Å². The molecule has 0 amide bonds. The zero-order chi connectivity index (χ0) is 14.5. The molecular formula is C19H30N2. The van der Waals surface area contributed by atoms with E-state index in [1.165, 1.54) is 57.2 Å². The van der Waals surface area contributed by atoms with Gasteiger partial charge < -0.3 is 5.32 Å². The second-order valence-corrected chi connectivity index (χ2v) is 6.96. The molecule has 1 heterocycles. The quantitative estimate of drug-likeness (QED) is 0.891. The van der Waals surface area contributed by atoms with Crippen LogP contribution in [0.5, 0.6) is 0 Å². The van der Waals surface area contributed by atoms with E-state index in [1.807, 2.05) is 0 Å². The van der Waals surface area contributed by atoms with E-state index in [0.29, 0.717) is 12.1 Å². The standard InChI is InChI=1S/C19H30N2/c1-2-18-15-21(14-17-10-6-7-11-17)19(13-20-18)12-16-8-4-3-5-9-16/h3-5,8-9,17-20H,2,6-7,10-15H2,1H3. The van der Waals surface area contributed by atoms with E-state index in [0.717, 1.165) is 12.5 Å². The Balaban J connectivity index is 1.63. The van der Waals surface area contributed by atoms with E-state index in [2.05, 4.69) is 47.5 Å². The lowest BCUT2D eigenvalue weighted by Gasteiger charge is -2.41. The summed E-state index contributed by atoms with van der Waals surface area (Å²) in [6, 6.07) is 12.4. The zero-order valence-corrected chi connectivity index (χ0v) is 13.4. The fraction of sp³-hybridized carbons (Fsp3) is 0.684. The Bertz CT molecular complexity index is 411. The van der Waals surface area contributed by atoms with Gasteiger partial charge >= 0.3 is 0 Å². The van der Waals surface area contributed by atoms with Crippen molar-refractivity contribution in [2.24, 2.45) is 5.92 Å². The number of rotatable bonds is 5. The molecule has 2 atom stereocenters. The van der Waals surface area contributed by atoms with Gasteiger partial charge in [0, 0.05) is 31.7 Å². The first-order valence-electron chi connectivity index (χ1n) is 8.86. The molecular weight excluding hydrogens is 256 g/mol. The minimum absolute atomic E-state index is 0.677. The summed E-state index contributed by atoms with van der Waals surface area (Å²) in [5.74, 6) is 0.957. The molecule has 1 saturated heterocycles. The van der Waals surface area contributed by atoms with Crippen LogP contribution in [-0.2, 0) is 6.42 Å². The molecule has 1 saturated carbocycles. The van der Waals surface area contributed by atoms with Gasteiger partial charge in [0.1, 0.15) is 0 Å². The van der Waals surface area contributed by atoms with E-state index in [4.69, 9.17) is 0 Å². The third kappa shape index (κ3) is 4.08. The van der Waals surface area contributed by atoms with E-state index < -0.39 is 0 Å². The van der Waals surface area contributed by atoms with Crippen LogP contribution in [0.25, 0.3) is 0 Å². The van der Waals surface area contributed by atoms with Gasteiger partial charge in [-0.3, -0.25) is 4.90 Å². The number of nitrogens with one attached hydrogen (secondary N) is 1. The summed E-state index contributed by atoms with van der Waals surface area (Å²) in [6.45, 7) is 6.03. The molecule has 1 aliphatic heterocycles. The van der Waals surface area contributed by atoms with Crippen molar-refractivity contribution in [2.45, 2.75) is 57.5 Å². The Hall–Kier alpha value is -0.860. The minimum Gasteiger partial charge on any atom is -0.311 e. The molecule has 2 aliphatic rings. The lowest BCUT2D eigenvalue weighted by atomic mass is 9.97. The number of nitrogens with zero attached hydrogens (tertiary/aromatic N) is 1. The highest BCUT2D eigenvalue weighted by Gasteiger charge is 2.29. The summed E-state index contributed by atoms with van der Waals surface area (Å²) in [7, 11) is 0. The van der Waals surface area contributed by atoms with Crippen molar-refractivity contribution in [3.63, 3.8) is 0 Å². The lowest BCUT2D eigenvalue weighted by molar-refractivity contribution is 0.108. The van der Waals surface area contributed by atoms with Crippen LogP contribution in [0.2, 0.25) is 0 Å². The van der Waals surface area contributed by atoms with Gasteiger partial charge in [0.05, 0.1) is 0 Å². The summed E-state index contributed by atoms with van der Waals surface area (Å²) in [5, 5.41) is 3.75. The highest BCUT2D eigenvalue weighted by atomic mass is 15.2. The summed E-state index contributed by atoms with van der Waals surface area (Å²) in [5.41, 5.74) is 1.48. The average Bonchev–Trinajstić information content (AvgIpc) is 3.03. The molecule has 0 spiro atoms. The van der Waals surface area contributed by atoms with Crippen LogP contribution in [0.15, 0.2) is 30.3 Å². The van der Waals surface area contributed by atoms with Gasteiger partial charge in [-0.05, 0) is 37.2 Å². The third-order valence-corrected chi connectivity index (χ3v) is 5.39. The average molecular weight is 286 g/mol. The third-order valence-electron chi connectivity index (χ3n) is 5.39. The number of hydrogen-bond donors (Lipinski definition) is 1. The van der Waals surface area contributed by atoms with Gasteiger partial charge in [-0.15, -0.1) is 0 Å². The first-order chi connectivity index (χ1) is 10.3. The van der Waals surface area contributed by atoms with Gasteiger partial charge in [0.25, 0.3) is 0 Å². The van der Waals surface area contributed by atoms with E-state index >= 15 is 0 Å². The molecule has 2 heteroatoms. The van der Waals surface area contributed by atoms with Crippen LogP contribution in [0.1, 0.15) is 44.6 Å². The van der Waals surface area contributed by atoms with Crippen molar-refractivity contribution >= 4 is 0 Å². The molecule has 3 rings (SSSR count). The normalized spacial score (nSPS) is 28.0. The second-order valence-electron chi connectivity index (χ2n) is 6.96. The maximum atomic E-state index is 3.75. The first kappa shape index (κ1) is 15.1. The second kappa shape index (κ2) is 7.42. The van der Waals surface area contributed by atoms with Gasteiger partial charge in [0.15, 0.2) is 0 Å². The predicted molar refractivity (Wildman–Crippen MR) is 89.5 cm³/mol. The van der Waals surface area contributed by atoms with E-state index in [1.54, 1.807) is 0 Å². The molecule has 1 aromatic carbocycles. The Morgan fingerprint density at radius 1 is 1.14 bits per heavy atom. The Morgan fingerprint density at radius 3 is 2.62 bits per heavy atom. The monoisotopic (exact) mass is 286 g/mol. The van der Waals surface area contributed by atoms with Gasteiger partial charge in [0.2, 0.25) is 0 Å². The molecule has 116 valence electrons. The molecule has 0 radical (unpaired) electrons. The van der Waals surface area contributed by atoms with Crippen LogP contribution < -0.4 is 5.32 Å². The first-order valence-corrected chi connectivity index (χ1v) is 8.86. The maximum Gasteiger partial charge on any atom is 0.0261 e. The number of benzene rings is 1. The molecule has 2 unspecified atom stereocenters. The summed E-state index contributed by atoms with van der Waals surface area (Å²) < 4.78 is 0. The van der Waals surface area contributed by atoms with Gasteiger partial charge in [-0.1, -0.05) is 50.1 Å². The molecule has 0 bridgehead atoms. The molecule has 1 N–H and O–H groups in total. The molecule has 1 aliphatic carbocycles. The van der Waals surface area contributed by atoms with Crippen molar-refractivity contribution < 1.29 is 0 Å². The van der Waals surface area contributed by atoms with Gasteiger partial charge in [-0.25, -0.2) is 0 Å². The van der Waals surface area contributed by atoms with Crippen LogP contribution >= 0.6 is 0 Å². The van der Waals surface area contributed by atoms with Crippen molar-refractivity contribution in [2.75, 3.05) is 19.6 Å². The topological polar surface area (TPSA) is 15.3 Å². The Morgan fingerprint density at radius 2 is 1.90 bits per heavy atom. The lowest BCUT2D eigenvalue weighted by Crippen LogP contribution is -2.57. The summed E-state index contributed by atoms with van der Waals surface area (Å²) in [4.78, 5) is 2.80. The fourth-order valence-electron chi connectivity index (χ4n) is 4.04. The highest BCUT2D eigenvalue weighted by Crippen LogP contribution is 2.27. The largest absolute Gasteiger partial charge is 0.311 e. The number of piperazine rings is 1. The molecule has 1 aromatic rings. The van der Waals surface area contributed by atoms with Crippen LogP contribution in [-0.4, -0.2) is 36.6 Å². The van der Waals surface area contributed by atoms with Crippen LogP contribution in [0, 0.1) is 5.92 Å². The minimum atomic E-state index is 0.677. The van der Waals surface area contributed by atoms with Crippen LogP contribution in [0.3, 0.4) is 0 Å². The maximum absolute atomic E-state index is 3.75. The van der Waals surface area contributed by atoms with Crippen molar-refractivity contribution in [1.29, 1.82) is 0 Å². The van der Waals surface area contributed by atoms with E-state index in [9.17, 15) is 0 Å². The van der Waals surface area contributed by atoms with Crippen molar-refractivity contribution in [3.05, 3.63) is 35.9 Å². The smallest absolute Gasteiger partial charge is 0.0261 e. The van der Waals surface area contributed by atoms with Crippen molar-refractivity contribution in [3.8, 4) is 0 Å². The number of hydrogen-bond acceptors (Lipinski definition) is 2. The van der Waals surface area contributed by atoms with Crippen molar-refractivity contribution in [1.82, 2.24) is 10.2 Å². The predicted octanol–water partition coefficient (Wildman–Crippen LogP) is 3.47. The Kier molecular flexibility index (Phi) is 5.32. The summed E-state index contributed by atoms with van der Waals surface area (Å²) in [6.07, 6.45) is 8.27. The SMILES string of the molecule is CCC1CN(CC2CCCC2)C(Cc2ccccc2)CN1. The highest BCUT2D eigenvalue weighted by molar-refractivity contribution is 5.16. The summed E-state index contributed by atoms with van der Waals surface area (Å²) >= 11 is 0. The fourth-order valence-corrected chi connectivity index (χ4v) is 4.04. The van der Waals surface area contributed by atoms with Crippen LogP contribution in [0.4, 0.5) is 0 Å². The molecule has 21 heavy (non-hydrogen) atoms. The molecule has 2 nitrogen and oxygen atoms in total. The van der Waals surface area contributed by atoms with E-state index in [-0.39, 0.29) is 0 Å². The Labute approximate surface area is 129 Å². The molecule has 0 aromatic heterocycles.